The Hall–Kier alpha value is -2.57. The Labute approximate surface area is 167 Å². The van der Waals surface area contributed by atoms with E-state index in [1.807, 2.05) is 30.0 Å². The number of aliphatic imine (C=N–C) groups is 1. The van der Waals surface area contributed by atoms with E-state index in [1.165, 1.54) is 5.56 Å². The van der Waals surface area contributed by atoms with Crippen LogP contribution in [0.3, 0.4) is 0 Å². The van der Waals surface area contributed by atoms with Crippen LogP contribution in [0, 0.1) is 11.3 Å². The zero-order valence-corrected chi connectivity index (χ0v) is 17.2. The Morgan fingerprint density at radius 3 is 2.64 bits per heavy atom. The minimum Gasteiger partial charge on any atom is -0.369 e. The quantitative estimate of drug-likeness (QED) is 0.437. The summed E-state index contributed by atoms with van der Waals surface area (Å²) in [6.07, 6.45) is 1.42. The fourth-order valence-electron chi connectivity index (χ4n) is 3.05. The summed E-state index contributed by atoms with van der Waals surface area (Å²) < 4.78 is 0. The first-order valence-corrected chi connectivity index (χ1v) is 9.95. The van der Waals surface area contributed by atoms with E-state index in [2.05, 4.69) is 27.8 Å². The number of primary amides is 1. The highest BCUT2D eigenvalue weighted by atomic mass is 16.2. The second-order valence-electron chi connectivity index (χ2n) is 7.97. The van der Waals surface area contributed by atoms with Crippen molar-refractivity contribution in [2.75, 3.05) is 32.7 Å². The molecule has 0 radical (unpaired) electrons. The van der Waals surface area contributed by atoms with Gasteiger partial charge in [0.25, 0.3) is 0 Å². The van der Waals surface area contributed by atoms with Crippen LogP contribution in [-0.2, 0) is 16.0 Å². The summed E-state index contributed by atoms with van der Waals surface area (Å²) in [4.78, 5) is 30.2. The van der Waals surface area contributed by atoms with E-state index >= 15 is 0 Å². The van der Waals surface area contributed by atoms with E-state index < -0.39 is 5.41 Å². The molecule has 154 valence electrons. The fraction of sp³-hybridized carbons (Fsp3) is 0.571. The highest BCUT2D eigenvalue weighted by Gasteiger charge is 2.29. The van der Waals surface area contributed by atoms with Crippen LogP contribution in [-0.4, -0.2) is 55.4 Å². The van der Waals surface area contributed by atoms with Gasteiger partial charge >= 0.3 is 0 Å². The number of nitrogens with two attached hydrogens (primary N) is 1. The van der Waals surface area contributed by atoms with Crippen molar-refractivity contribution in [2.45, 2.75) is 33.6 Å². The molecule has 1 aliphatic rings. The molecule has 0 saturated carbocycles. The number of likely N-dealkylation sites (tertiary alicyclic amines) is 1. The number of amides is 2. The van der Waals surface area contributed by atoms with E-state index in [0.29, 0.717) is 25.5 Å². The zero-order chi connectivity index (χ0) is 20.6. The molecule has 28 heavy (non-hydrogen) atoms. The van der Waals surface area contributed by atoms with Gasteiger partial charge in [-0.25, -0.2) is 0 Å². The van der Waals surface area contributed by atoms with Crippen molar-refractivity contribution in [1.82, 2.24) is 15.5 Å². The monoisotopic (exact) mass is 387 g/mol. The van der Waals surface area contributed by atoms with Crippen molar-refractivity contribution in [2.24, 2.45) is 22.1 Å². The van der Waals surface area contributed by atoms with Crippen molar-refractivity contribution in [3.8, 4) is 0 Å². The van der Waals surface area contributed by atoms with E-state index in [0.717, 1.165) is 26.1 Å². The molecule has 0 aliphatic carbocycles. The average molecular weight is 388 g/mol. The Bertz CT molecular complexity index is 687. The van der Waals surface area contributed by atoms with Gasteiger partial charge in [-0.15, -0.1) is 0 Å². The summed E-state index contributed by atoms with van der Waals surface area (Å²) >= 11 is 0. The molecule has 1 aromatic rings. The molecule has 0 bridgehead atoms. The first-order chi connectivity index (χ1) is 13.3. The van der Waals surface area contributed by atoms with Gasteiger partial charge in [0.15, 0.2) is 5.96 Å². The van der Waals surface area contributed by atoms with Gasteiger partial charge in [-0.1, -0.05) is 30.3 Å². The molecule has 1 aliphatic heterocycles. The van der Waals surface area contributed by atoms with Crippen LogP contribution in [0.2, 0.25) is 0 Å². The van der Waals surface area contributed by atoms with Gasteiger partial charge in [0.1, 0.15) is 0 Å². The Balaban J connectivity index is 1.83. The molecule has 1 heterocycles. The van der Waals surface area contributed by atoms with E-state index in [1.54, 1.807) is 13.8 Å². The van der Waals surface area contributed by atoms with Gasteiger partial charge in [-0.2, -0.15) is 0 Å². The number of nitrogens with zero attached hydrogens (tertiary/aromatic N) is 2. The average Bonchev–Trinajstić information content (AvgIpc) is 3.02. The molecule has 1 aromatic carbocycles. The number of carbonyl (C=O) groups is 2. The second kappa shape index (κ2) is 10.1. The summed E-state index contributed by atoms with van der Waals surface area (Å²) in [5.41, 5.74) is 5.96. The van der Waals surface area contributed by atoms with Gasteiger partial charge in [-0.3, -0.25) is 14.6 Å². The smallest absolute Gasteiger partial charge is 0.224 e. The minimum atomic E-state index is -0.695. The van der Waals surface area contributed by atoms with Crippen LogP contribution in [0.4, 0.5) is 0 Å². The van der Waals surface area contributed by atoms with Gasteiger partial charge in [-0.05, 0) is 32.8 Å². The number of hydrogen-bond donors (Lipinski definition) is 3. The Morgan fingerprint density at radius 2 is 2.00 bits per heavy atom. The first kappa shape index (κ1) is 21.7. The summed E-state index contributed by atoms with van der Waals surface area (Å²) in [6, 6.07) is 10.2. The molecule has 2 amide bonds. The SMILES string of the molecule is CCNC(=NCC(C)(C)C(N)=O)NCC1CC(=O)N(CCc2ccccc2)C1. The summed E-state index contributed by atoms with van der Waals surface area (Å²) in [5.74, 6) is 0.727. The normalized spacial score (nSPS) is 17.7. The lowest BCUT2D eigenvalue weighted by atomic mass is 9.93. The Morgan fingerprint density at radius 1 is 1.29 bits per heavy atom. The molecular weight excluding hydrogens is 354 g/mol. The third kappa shape index (κ3) is 6.55. The number of benzene rings is 1. The standard InChI is InChI=1S/C21H33N5O2/c1-4-23-20(25-15-21(2,3)19(22)28)24-13-17-12-18(27)26(14-17)11-10-16-8-6-5-7-9-16/h5-9,17H,4,10-15H2,1-3H3,(H2,22,28)(H2,23,24,25). The molecule has 7 heteroatoms. The molecule has 7 nitrogen and oxygen atoms in total. The molecule has 0 spiro atoms. The lowest BCUT2D eigenvalue weighted by molar-refractivity contribution is -0.127. The molecular formula is C21H33N5O2. The minimum absolute atomic E-state index is 0.208. The van der Waals surface area contributed by atoms with Gasteiger partial charge in [0, 0.05) is 38.5 Å². The van der Waals surface area contributed by atoms with Crippen LogP contribution >= 0.6 is 0 Å². The lowest BCUT2D eigenvalue weighted by Gasteiger charge is -2.20. The number of nitrogens with one attached hydrogen (secondary N) is 2. The van der Waals surface area contributed by atoms with Crippen LogP contribution in [0.5, 0.6) is 0 Å². The predicted octanol–water partition coefficient (Wildman–Crippen LogP) is 1.14. The Kier molecular flexibility index (Phi) is 7.84. The lowest BCUT2D eigenvalue weighted by Crippen LogP contribution is -2.42. The van der Waals surface area contributed by atoms with Crippen molar-refractivity contribution in [1.29, 1.82) is 0 Å². The summed E-state index contributed by atoms with van der Waals surface area (Å²) in [5, 5.41) is 6.47. The van der Waals surface area contributed by atoms with E-state index in [-0.39, 0.29) is 17.7 Å². The predicted molar refractivity (Wildman–Crippen MR) is 112 cm³/mol. The number of carbonyl (C=O) groups excluding carboxylic acids is 2. The summed E-state index contributed by atoms with van der Waals surface area (Å²) in [7, 11) is 0. The fourth-order valence-corrected chi connectivity index (χ4v) is 3.05. The molecule has 2 rings (SSSR count). The maximum Gasteiger partial charge on any atom is 0.224 e. The highest BCUT2D eigenvalue weighted by molar-refractivity contribution is 5.83. The summed E-state index contributed by atoms with van der Waals surface area (Å²) in [6.45, 7) is 8.74. The maximum absolute atomic E-state index is 12.3. The largest absolute Gasteiger partial charge is 0.369 e. The van der Waals surface area contributed by atoms with Crippen LogP contribution in [0.15, 0.2) is 35.3 Å². The first-order valence-electron chi connectivity index (χ1n) is 9.95. The number of rotatable bonds is 9. The van der Waals surface area contributed by atoms with E-state index in [4.69, 9.17) is 5.73 Å². The third-order valence-electron chi connectivity index (χ3n) is 5.01. The van der Waals surface area contributed by atoms with Gasteiger partial charge in [0.2, 0.25) is 11.8 Å². The van der Waals surface area contributed by atoms with E-state index in [9.17, 15) is 9.59 Å². The van der Waals surface area contributed by atoms with Gasteiger partial charge in [0.05, 0.1) is 12.0 Å². The number of guanidine groups is 1. The molecule has 1 unspecified atom stereocenters. The van der Waals surface area contributed by atoms with Crippen molar-refractivity contribution in [3.05, 3.63) is 35.9 Å². The van der Waals surface area contributed by atoms with Crippen molar-refractivity contribution >= 4 is 17.8 Å². The molecule has 0 aromatic heterocycles. The molecule has 1 fully saturated rings. The maximum atomic E-state index is 12.3. The van der Waals surface area contributed by atoms with Crippen LogP contribution < -0.4 is 16.4 Å². The van der Waals surface area contributed by atoms with Crippen LogP contribution in [0.1, 0.15) is 32.8 Å². The highest BCUT2D eigenvalue weighted by Crippen LogP contribution is 2.18. The zero-order valence-electron chi connectivity index (χ0n) is 17.2. The third-order valence-corrected chi connectivity index (χ3v) is 5.01. The topological polar surface area (TPSA) is 99.8 Å². The van der Waals surface area contributed by atoms with Crippen LogP contribution in [0.25, 0.3) is 0 Å². The number of hydrogen-bond acceptors (Lipinski definition) is 3. The second-order valence-corrected chi connectivity index (χ2v) is 7.97. The van der Waals surface area contributed by atoms with Crippen molar-refractivity contribution < 1.29 is 9.59 Å². The molecule has 1 atom stereocenters. The molecule has 1 saturated heterocycles. The van der Waals surface area contributed by atoms with Gasteiger partial charge < -0.3 is 21.3 Å². The van der Waals surface area contributed by atoms with Crippen molar-refractivity contribution in [3.63, 3.8) is 0 Å². The molecule has 4 N–H and O–H groups in total.